The highest BCUT2D eigenvalue weighted by molar-refractivity contribution is 9.11. The minimum Gasteiger partial charge on any atom is -0.420 e. The number of nitrogens with zero attached hydrogens (tertiary/aromatic N) is 1. The fourth-order valence-corrected chi connectivity index (χ4v) is 4.83. The average molecular weight is 604 g/mol. The van der Waals surface area contributed by atoms with Crippen LogP contribution in [0.5, 0.6) is 5.75 Å². The van der Waals surface area contributed by atoms with Crippen molar-refractivity contribution in [2.24, 2.45) is 4.99 Å². The number of hydrogen-bond acceptors (Lipinski definition) is 5. The Morgan fingerprint density at radius 3 is 2.32 bits per heavy atom. The van der Waals surface area contributed by atoms with E-state index in [0.717, 1.165) is 5.56 Å². The molecule has 4 rings (SSSR count). The molecule has 3 aromatic carbocycles. The highest BCUT2D eigenvalue weighted by atomic mass is 79.9. The lowest BCUT2D eigenvalue weighted by Gasteiger charge is -2.10. The Bertz CT molecular complexity index is 1320. The lowest BCUT2D eigenvalue weighted by Crippen LogP contribution is -2.10. The molecule has 34 heavy (non-hydrogen) atoms. The second-order valence-corrected chi connectivity index (χ2v) is 9.91. The van der Waals surface area contributed by atoms with Crippen molar-refractivity contribution in [1.29, 1.82) is 0 Å². The molecule has 0 amide bonds. The van der Waals surface area contributed by atoms with Gasteiger partial charge in [0, 0.05) is 5.56 Å². The largest absolute Gasteiger partial charge is 0.420 e. The summed E-state index contributed by atoms with van der Waals surface area (Å²) in [5, 5.41) is 0.299. The van der Waals surface area contributed by atoms with Crippen molar-refractivity contribution < 1.29 is 19.1 Å². The van der Waals surface area contributed by atoms with E-state index < -0.39 is 11.9 Å². The quantitative estimate of drug-likeness (QED) is 0.172. The summed E-state index contributed by atoms with van der Waals surface area (Å²) in [4.78, 5) is 29.3. The first-order chi connectivity index (χ1) is 16.2. The summed E-state index contributed by atoms with van der Waals surface area (Å²) in [6.45, 7) is 4.23. The predicted octanol–water partition coefficient (Wildman–Crippen LogP) is 7.55. The maximum Gasteiger partial charge on any atom is 0.363 e. The van der Waals surface area contributed by atoms with Crippen LogP contribution in [0.15, 0.2) is 80.3 Å². The summed E-state index contributed by atoms with van der Waals surface area (Å²) >= 11 is 12.9. The van der Waals surface area contributed by atoms with Gasteiger partial charge in [-0.2, -0.15) is 0 Å². The van der Waals surface area contributed by atoms with E-state index in [1.165, 1.54) is 5.56 Å². The molecule has 0 saturated heterocycles. The first kappa shape index (κ1) is 24.4. The van der Waals surface area contributed by atoms with Crippen molar-refractivity contribution in [3.63, 3.8) is 0 Å². The Hall–Kier alpha value is -2.74. The second kappa shape index (κ2) is 10.3. The van der Waals surface area contributed by atoms with Crippen LogP contribution in [0.1, 0.15) is 46.8 Å². The number of carbonyl (C=O) groups excluding carboxylic acids is 2. The minimum atomic E-state index is -0.588. The molecular weight excluding hydrogens is 586 g/mol. The van der Waals surface area contributed by atoms with Gasteiger partial charge in [0.2, 0.25) is 5.90 Å². The zero-order chi connectivity index (χ0) is 24.4. The molecule has 0 fully saturated rings. The van der Waals surface area contributed by atoms with Crippen LogP contribution in [0.2, 0.25) is 5.02 Å². The Kier molecular flexibility index (Phi) is 7.36. The van der Waals surface area contributed by atoms with E-state index in [4.69, 9.17) is 21.1 Å². The zero-order valence-electron chi connectivity index (χ0n) is 18.1. The second-order valence-electron chi connectivity index (χ2n) is 7.80. The van der Waals surface area contributed by atoms with Crippen LogP contribution >= 0.6 is 43.5 Å². The van der Waals surface area contributed by atoms with E-state index >= 15 is 0 Å². The molecule has 0 N–H and O–H groups in total. The van der Waals surface area contributed by atoms with E-state index in [2.05, 4.69) is 50.7 Å². The molecule has 1 heterocycles. The summed E-state index contributed by atoms with van der Waals surface area (Å²) in [5.41, 5.74) is 3.00. The zero-order valence-corrected chi connectivity index (χ0v) is 22.1. The minimum absolute atomic E-state index is 0.169. The fraction of sp³-hybridized carbons (Fsp3) is 0.115. The monoisotopic (exact) mass is 601 g/mol. The van der Waals surface area contributed by atoms with Crippen LogP contribution in [0.3, 0.4) is 0 Å². The molecule has 0 saturated carbocycles. The van der Waals surface area contributed by atoms with E-state index in [1.54, 1.807) is 42.5 Å². The van der Waals surface area contributed by atoms with Crippen molar-refractivity contribution in [2.75, 3.05) is 0 Å². The molecule has 1 aliphatic rings. The third-order valence-electron chi connectivity index (χ3n) is 5.06. The standard InChI is InChI=1S/C26H18Br2ClNO4/c1-14(2)16-7-9-17(10-8-16)24-30-22(26(32)34-24)13-15-11-19(27)23(20(28)12-15)33-25(31)18-5-3-4-6-21(18)29/h3-14H,1-2H3/b22-13-. The van der Waals surface area contributed by atoms with Gasteiger partial charge in [0.15, 0.2) is 11.4 Å². The van der Waals surface area contributed by atoms with Crippen LogP contribution in [0, 0.1) is 0 Å². The number of carbonyl (C=O) groups is 2. The highest BCUT2D eigenvalue weighted by Gasteiger charge is 2.25. The molecule has 172 valence electrons. The number of ether oxygens (including phenoxy) is 2. The summed E-state index contributed by atoms with van der Waals surface area (Å²) in [7, 11) is 0. The van der Waals surface area contributed by atoms with E-state index in [0.29, 0.717) is 25.4 Å². The van der Waals surface area contributed by atoms with Crippen LogP contribution in [-0.4, -0.2) is 17.8 Å². The smallest absolute Gasteiger partial charge is 0.363 e. The van der Waals surface area contributed by atoms with E-state index in [9.17, 15) is 9.59 Å². The summed E-state index contributed by atoms with van der Waals surface area (Å²) in [6.07, 6.45) is 1.60. The van der Waals surface area contributed by atoms with Crippen LogP contribution in [0.4, 0.5) is 0 Å². The Balaban J connectivity index is 1.58. The Labute approximate surface area is 218 Å². The topological polar surface area (TPSA) is 65.0 Å². The summed E-state index contributed by atoms with van der Waals surface area (Å²) in [6, 6.07) is 17.8. The van der Waals surface area contributed by atoms with E-state index in [1.807, 2.05) is 24.3 Å². The maximum atomic E-state index is 12.5. The maximum absolute atomic E-state index is 12.5. The van der Waals surface area contributed by atoms with Crippen molar-refractivity contribution in [3.05, 3.63) is 103 Å². The molecule has 0 aromatic heterocycles. The van der Waals surface area contributed by atoms with Gasteiger partial charge in [0.25, 0.3) is 0 Å². The van der Waals surface area contributed by atoms with Gasteiger partial charge in [-0.05, 0) is 91.4 Å². The third kappa shape index (κ3) is 5.32. The van der Waals surface area contributed by atoms with Crippen molar-refractivity contribution >= 4 is 67.4 Å². The predicted molar refractivity (Wildman–Crippen MR) is 139 cm³/mol. The first-order valence-electron chi connectivity index (χ1n) is 10.3. The molecule has 0 atom stereocenters. The summed E-state index contributed by atoms with van der Waals surface area (Å²) < 4.78 is 11.9. The van der Waals surface area contributed by atoms with Gasteiger partial charge in [-0.15, -0.1) is 0 Å². The van der Waals surface area contributed by atoms with Gasteiger partial charge < -0.3 is 9.47 Å². The number of halogens is 3. The molecule has 8 heteroatoms. The van der Waals surface area contributed by atoms with Gasteiger partial charge >= 0.3 is 11.9 Å². The molecule has 3 aromatic rings. The van der Waals surface area contributed by atoms with Crippen LogP contribution in [-0.2, 0) is 9.53 Å². The molecular formula is C26H18Br2ClNO4. The van der Waals surface area contributed by atoms with Crippen LogP contribution in [0.25, 0.3) is 6.08 Å². The molecule has 0 radical (unpaired) electrons. The lowest BCUT2D eigenvalue weighted by molar-refractivity contribution is -0.129. The fourth-order valence-electron chi connectivity index (χ4n) is 3.24. The average Bonchev–Trinajstić information content (AvgIpc) is 3.16. The third-order valence-corrected chi connectivity index (χ3v) is 6.57. The first-order valence-corrected chi connectivity index (χ1v) is 12.3. The van der Waals surface area contributed by atoms with Gasteiger partial charge in [-0.3, -0.25) is 0 Å². The van der Waals surface area contributed by atoms with Gasteiger partial charge in [0.05, 0.1) is 19.5 Å². The number of aliphatic imine (C=N–C) groups is 1. The Morgan fingerprint density at radius 2 is 1.71 bits per heavy atom. The molecule has 0 spiro atoms. The molecule has 5 nitrogen and oxygen atoms in total. The van der Waals surface area contributed by atoms with Crippen molar-refractivity contribution in [2.45, 2.75) is 19.8 Å². The number of cyclic esters (lactones) is 1. The number of benzene rings is 3. The molecule has 0 unspecified atom stereocenters. The number of hydrogen-bond donors (Lipinski definition) is 0. The van der Waals surface area contributed by atoms with E-state index in [-0.39, 0.29) is 22.9 Å². The number of esters is 2. The summed E-state index contributed by atoms with van der Waals surface area (Å²) in [5.74, 6) is -0.175. The van der Waals surface area contributed by atoms with Gasteiger partial charge in [-0.25, -0.2) is 14.6 Å². The number of rotatable bonds is 5. The molecule has 0 bridgehead atoms. The highest BCUT2D eigenvalue weighted by Crippen LogP contribution is 2.36. The SMILES string of the molecule is CC(C)c1ccc(C2=N/C(=C\c3cc(Br)c(OC(=O)c4ccccc4Cl)c(Br)c3)C(=O)O2)cc1. The van der Waals surface area contributed by atoms with Crippen molar-refractivity contribution in [3.8, 4) is 5.75 Å². The van der Waals surface area contributed by atoms with Crippen molar-refractivity contribution in [1.82, 2.24) is 0 Å². The normalized spacial score (nSPS) is 14.4. The Morgan fingerprint density at radius 1 is 1.06 bits per heavy atom. The molecule has 0 aliphatic carbocycles. The lowest BCUT2D eigenvalue weighted by atomic mass is 10.0. The molecule has 1 aliphatic heterocycles. The van der Waals surface area contributed by atoms with Crippen LogP contribution < -0.4 is 4.74 Å². The van der Waals surface area contributed by atoms with Gasteiger partial charge in [-0.1, -0.05) is 49.7 Å². The van der Waals surface area contributed by atoms with Gasteiger partial charge in [0.1, 0.15) is 0 Å².